The van der Waals surface area contributed by atoms with E-state index >= 15 is 0 Å². The van der Waals surface area contributed by atoms with Crippen molar-refractivity contribution < 1.29 is 9.84 Å². The number of fused-ring (bicyclic) bond motifs is 3. The van der Waals surface area contributed by atoms with Crippen molar-refractivity contribution in [3.63, 3.8) is 0 Å². The number of benzene rings is 1. The highest BCUT2D eigenvalue weighted by atomic mass is 16.5. The molecule has 5 heteroatoms. The molecule has 0 bridgehead atoms. The van der Waals surface area contributed by atoms with Crippen molar-refractivity contribution in [3.05, 3.63) is 46.5 Å². The third-order valence-corrected chi connectivity index (χ3v) is 4.47. The zero-order chi connectivity index (χ0) is 18.1. The minimum atomic E-state index is -0.496. The van der Waals surface area contributed by atoms with Gasteiger partial charge in [0.15, 0.2) is 0 Å². The molecule has 2 aromatic heterocycles. The summed E-state index contributed by atoms with van der Waals surface area (Å²) in [6.45, 7) is 6.23. The predicted molar refractivity (Wildman–Crippen MR) is 100 cm³/mol. The second-order valence-corrected chi connectivity index (χ2v) is 6.96. The van der Waals surface area contributed by atoms with Crippen molar-refractivity contribution in [1.82, 2.24) is 9.55 Å². The summed E-state index contributed by atoms with van der Waals surface area (Å²) in [6.07, 6.45) is 1.93. The summed E-state index contributed by atoms with van der Waals surface area (Å²) in [5.41, 5.74) is 1.47. The van der Waals surface area contributed by atoms with Gasteiger partial charge in [0.05, 0.1) is 22.7 Å². The van der Waals surface area contributed by atoms with Crippen LogP contribution < -0.4 is 10.3 Å². The van der Waals surface area contributed by atoms with Gasteiger partial charge in [0.25, 0.3) is 5.56 Å². The fraction of sp³-hybridized carbons (Fsp3) is 0.400. The Bertz CT molecular complexity index is 976. The second-order valence-electron chi connectivity index (χ2n) is 6.96. The first-order valence-electron chi connectivity index (χ1n) is 8.57. The van der Waals surface area contributed by atoms with Crippen molar-refractivity contribution in [1.29, 1.82) is 0 Å². The molecule has 0 unspecified atom stereocenters. The van der Waals surface area contributed by atoms with E-state index in [1.165, 1.54) is 0 Å². The van der Waals surface area contributed by atoms with E-state index in [2.05, 4.69) is 18.8 Å². The summed E-state index contributed by atoms with van der Waals surface area (Å²) in [7, 11) is 1.76. The Hall–Kier alpha value is -2.40. The van der Waals surface area contributed by atoms with Gasteiger partial charge in [-0.25, -0.2) is 0 Å². The predicted octanol–water partition coefficient (Wildman–Crippen LogP) is 3.18. The van der Waals surface area contributed by atoms with Crippen molar-refractivity contribution in [2.75, 3.05) is 6.61 Å². The van der Waals surface area contributed by atoms with Gasteiger partial charge in [-0.2, -0.15) is 0 Å². The Morgan fingerprint density at radius 1 is 1.24 bits per heavy atom. The minimum Gasteiger partial charge on any atom is -0.491 e. The van der Waals surface area contributed by atoms with E-state index in [4.69, 9.17) is 4.74 Å². The van der Waals surface area contributed by atoms with E-state index in [0.717, 1.165) is 22.0 Å². The van der Waals surface area contributed by atoms with E-state index in [-0.39, 0.29) is 12.2 Å². The molecule has 1 aromatic carbocycles. The summed E-state index contributed by atoms with van der Waals surface area (Å²) >= 11 is 0. The lowest BCUT2D eigenvalue weighted by atomic mass is 10.1. The number of hydrogen-bond acceptors (Lipinski definition) is 4. The average Bonchev–Trinajstić information content (AvgIpc) is 2.57. The maximum atomic E-state index is 12.7. The molecule has 0 aliphatic carbocycles. The summed E-state index contributed by atoms with van der Waals surface area (Å²) in [4.78, 5) is 16.9. The molecule has 0 saturated heterocycles. The van der Waals surface area contributed by atoms with Crippen LogP contribution in [-0.4, -0.2) is 27.4 Å². The third-order valence-electron chi connectivity index (χ3n) is 4.47. The lowest BCUT2D eigenvalue weighted by Gasteiger charge is -2.15. The maximum Gasteiger partial charge on any atom is 0.260 e. The van der Waals surface area contributed by atoms with Gasteiger partial charge in [-0.15, -0.1) is 0 Å². The van der Waals surface area contributed by atoms with Crippen LogP contribution in [-0.2, 0) is 7.05 Å². The lowest BCUT2D eigenvalue weighted by Crippen LogP contribution is -2.20. The van der Waals surface area contributed by atoms with Crippen LogP contribution in [0.4, 0.5) is 0 Å². The van der Waals surface area contributed by atoms with Gasteiger partial charge >= 0.3 is 0 Å². The molecule has 1 atom stereocenters. The van der Waals surface area contributed by atoms with Crippen molar-refractivity contribution in [3.8, 4) is 5.75 Å². The molecule has 2 heterocycles. The smallest absolute Gasteiger partial charge is 0.260 e. The fourth-order valence-electron chi connectivity index (χ4n) is 3.25. The summed E-state index contributed by atoms with van der Waals surface area (Å²) in [5.74, 6) is 1.06. The van der Waals surface area contributed by atoms with Crippen LogP contribution in [0.5, 0.6) is 5.75 Å². The SMILES string of the molecule is Cc1nccc2c1c(=O)n(C)c1cc(OC[C@@H](O)CC(C)C)ccc21. The second kappa shape index (κ2) is 6.84. The zero-order valence-corrected chi connectivity index (χ0v) is 15.1. The molecule has 0 spiro atoms. The third kappa shape index (κ3) is 3.37. The quantitative estimate of drug-likeness (QED) is 0.725. The normalized spacial score (nSPS) is 12.9. The average molecular weight is 340 g/mol. The first-order valence-corrected chi connectivity index (χ1v) is 8.57. The number of aromatic nitrogens is 2. The van der Waals surface area contributed by atoms with Crippen LogP contribution in [0.3, 0.4) is 0 Å². The monoisotopic (exact) mass is 340 g/mol. The number of hydrogen-bond donors (Lipinski definition) is 1. The van der Waals surface area contributed by atoms with Crippen molar-refractivity contribution in [2.24, 2.45) is 13.0 Å². The molecule has 0 radical (unpaired) electrons. The number of aliphatic hydroxyl groups is 1. The van der Waals surface area contributed by atoms with Crippen LogP contribution in [0.2, 0.25) is 0 Å². The Kier molecular flexibility index (Phi) is 4.77. The minimum absolute atomic E-state index is 0.0647. The van der Waals surface area contributed by atoms with Crippen LogP contribution in [0.25, 0.3) is 21.7 Å². The Balaban J connectivity index is 2.02. The van der Waals surface area contributed by atoms with E-state index in [1.54, 1.807) is 17.8 Å². The highest BCUT2D eigenvalue weighted by molar-refractivity contribution is 6.06. The zero-order valence-electron chi connectivity index (χ0n) is 15.1. The molecular weight excluding hydrogens is 316 g/mol. The van der Waals surface area contributed by atoms with Gasteiger partial charge < -0.3 is 14.4 Å². The van der Waals surface area contributed by atoms with E-state index in [9.17, 15) is 9.90 Å². The molecule has 5 nitrogen and oxygen atoms in total. The molecule has 25 heavy (non-hydrogen) atoms. The van der Waals surface area contributed by atoms with Gasteiger partial charge in [-0.05, 0) is 42.8 Å². The van der Waals surface area contributed by atoms with E-state index < -0.39 is 6.10 Å². The van der Waals surface area contributed by atoms with E-state index in [1.807, 2.05) is 31.2 Å². The first kappa shape index (κ1) is 17.4. The highest BCUT2D eigenvalue weighted by Gasteiger charge is 2.13. The Morgan fingerprint density at radius 3 is 2.72 bits per heavy atom. The van der Waals surface area contributed by atoms with E-state index in [0.29, 0.717) is 23.5 Å². The van der Waals surface area contributed by atoms with Gasteiger partial charge in [0.1, 0.15) is 12.4 Å². The van der Waals surface area contributed by atoms with Gasteiger partial charge in [-0.3, -0.25) is 9.78 Å². The van der Waals surface area contributed by atoms with Crippen LogP contribution >= 0.6 is 0 Å². The molecule has 1 N–H and O–H groups in total. The number of nitrogens with zero attached hydrogens (tertiary/aromatic N) is 2. The summed E-state index contributed by atoms with van der Waals surface area (Å²) < 4.78 is 7.36. The Morgan fingerprint density at radius 2 is 2.00 bits per heavy atom. The molecule has 132 valence electrons. The highest BCUT2D eigenvalue weighted by Crippen LogP contribution is 2.27. The van der Waals surface area contributed by atoms with Crippen LogP contribution in [0.15, 0.2) is 35.3 Å². The summed E-state index contributed by atoms with van der Waals surface area (Å²) in [6, 6.07) is 7.57. The molecule has 0 fully saturated rings. The number of pyridine rings is 2. The van der Waals surface area contributed by atoms with Gasteiger partial charge in [0, 0.05) is 24.7 Å². The Labute approximate surface area is 146 Å². The number of aliphatic hydroxyl groups excluding tert-OH is 1. The first-order chi connectivity index (χ1) is 11.9. The maximum absolute atomic E-state index is 12.7. The van der Waals surface area contributed by atoms with Crippen molar-refractivity contribution >= 4 is 21.7 Å². The summed E-state index contributed by atoms with van der Waals surface area (Å²) in [5, 5.41) is 12.5. The lowest BCUT2D eigenvalue weighted by molar-refractivity contribution is 0.0893. The fourth-order valence-corrected chi connectivity index (χ4v) is 3.25. The van der Waals surface area contributed by atoms with Gasteiger partial charge in [0.2, 0.25) is 0 Å². The van der Waals surface area contributed by atoms with Crippen molar-refractivity contribution in [2.45, 2.75) is 33.3 Å². The standard InChI is InChI=1S/C20H24N2O3/c1-12(2)9-14(23)11-25-15-5-6-16-17-7-8-21-13(3)19(17)20(24)22(4)18(16)10-15/h5-8,10,12,14,23H,9,11H2,1-4H3/t14-/m0/s1. The van der Waals surface area contributed by atoms with Gasteiger partial charge in [-0.1, -0.05) is 13.8 Å². The molecule has 0 aliphatic rings. The molecule has 3 aromatic rings. The topological polar surface area (TPSA) is 64.4 Å². The number of ether oxygens (including phenoxy) is 1. The largest absolute Gasteiger partial charge is 0.491 e. The molecule has 0 amide bonds. The molecule has 0 aliphatic heterocycles. The number of rotatable bonds is 5. The molecular formula is C20H24N2O3. The molecule has 0 saturated carbocycles. The number of aryl methyl sites for hydroxylation is 2. The molecule has 3 rings (SSSR count). The van der Waals surface area contributed by atoms with Crippen LogP contribution in [0, 0.1) is 12.8 Å². The van der Waals surface area contributed by atoms with Crippen LogP contribution in [0.1, 0.15) is 26.0 Å².